The first-order valence-corrected chi connectivity index (χ1v) is 4.40. The maximum atomic E-state index is 9.71. The van der Waals surface area contributed by atoms with Crippen LogP contribution in [0.2, 0.25) is 0 Å². The van der Waals surface area contributed by atoms with Crippen LogP contribution in [0.3, 0.4) is 0 Å². The van der Waals surface area contributed by atoms with Crippen molar-refractivity contribution in [3.05, 3.63) is 0 Å². The molecule has 14 N–H and O–H groups in total. The SMILES string of the molecule is NC(CC(=O)[O-])C(=O)[O-].NC(CC(=O)[O-])C(=O)[O-].O.O.O.O.O.[H+].[H+].[Mn+2]. The fraction of sp³-hybridized carbons (Fsp3) is 0.500. The number of rotatable bonds is 6. The molecule has 0 aromatic carbocycles. The van der Waals surface area contributed by atoms with Crippen molar-refractivity contribution in [3.8, 4) is 0 Å². The number of carbonyl (C=O) groups is 4. The fourth-order valence-electron chi connectivity index (χ4n) is 0.526. The van der Waals surface area contributed by atoms with Gasteiger partial charge in [0.1, 0.15) is 0 Å². The molecule has 0 rings (SSSR count). The Morgan fingerprint density at radius 1 is 0.667 bits per heavy atom. The van der Waals surface area contributed by atoms with Crippen LogP contribution in [0.1, 0.15) is 15.7 Å². The average molecular weight is 409 g/mol. The molecule has 0 aromatic rings. The molecule has 149 valence electrons. The van der Waals surface area contributed by atoms with E-state index >= 15 is 0 Å². The normalized spacial score (nSPS) is 9.42. The summed E-state index contributed by atoms with van der Waals surface area (Å²) in [6, 6.07) is -2.93. The molecule has 0 spiro atoms. The van der Waals surface area contributed by atoms with Crippen molar-refractivity contribution in [1.82, 2.24) is 0 Å². The second-order valence-corrected chi connectivity index (χ2v) is 3.00. The summed E-state index contributed by atoms with van der Waals surface area (Å²) >= 11 is 0. The van der Waals surface area contributed by atoms with Crippen molar-refractivity contribution < 1.29 is 86.9 Å². The van der Waals surface area contributed by atoms with Crippen LogP contribution in [-0.4, -0.2) is 63.3 Å². The first-order valence-electron chi connectivity index (χ1n) is 4.40. The van der Waals surface area contributed by atoms with Gasteiger partial charge in [0.15, 0.2) is 0 Å². The summed E-state index contributed by atoms with van der Waals surface area (Å²) in [7, 11) is 0. The van der Waals surface area contributed by atoms with E-state index in [1.807, 2.05) is 0 Å². The minimum Gasteiger partial charge on any atom is -0.550 e. The van der Waals surface area contributed by atoms with Gasteiger partial charge in [-0.2, -0.15) is 0 Å². The van der Waals surface area contributed by atoms with Crippen LogP contribution in [0.4, 0.5) is 0 Å². The second-order valence-electron chi connectivity index (χ2n) is 3.00. The van der Waals surface area contributed by atoms with Crippen molar-refractivity contribution in [2.75, 3.05) is 0 Å². The van der Waals surface area contributed by atoms with E-state index in [1.165, 1.54) is 0 Å². The van der Waals surface area contributed by atoms with Gasteiger partial charge in [0, 0.05) is 36.9 Å². The third kappa shape index (κ3) is 36.9. The second kappa shape index (κ2) is 26.0. The van der Waals surface area contributed by atoms with Gasteiger partial charge in [-0.05, 0) is 0 Å². The van der Waals surface area contributed by atoms with E-state index in [1.54, 1.807) is 0 Å². The Morgan fingerprint density at radius 2 is 0.833 bits per heavy atom. The van der Waals surface area contributed by atoms with E-state index in [0.717, 1.165) is 0 Å². The monoisotopic (exact) mass is 409 g/mol. The molecule has 0 bridgehead atoms. The Hall–Kier alpha value is -1.88. The van der Waals surface area contributed by atoms with Crippen molar-refractivity contribution in [1.29, 1.82) is 0 Å². The molecule has 0 amide bonds. The van der Waals surface area contributed by atoms with E-state index in [2.05, 4.69) is 0 Å². The summed E-state index contributed by atoms with van der Waals surface area (Å²) in [5, 5.41) is 38.7. The van der Waals surface area contributed by atoms with Crippen LogP contribution in [-0.2, 0) is 36.2 Å². The number of aliphatic carboxylic acids is 4. The van der Waals surface area contributed by atoms with E-state index in [4.69, 9.17) is 11.5 Å². The molecule has 0 saturated carbocycles. The zero-order chi connectivity index (χ0) is 14.9. The summed E-state index contributed by atoms with van der Waals surface area (Å²) in [6.07, 6.45) is -1.41. The van der Waals surface area contributed by atoms with Gasteiger partial charge in [-0.25, -0.2) is 0 Å². The molecule has 1 radical (unpaired) electrons. The van der Waals surface area contributed by atoms with Crippen molar-refractivity contribution >= 4 is 23.9 Å². The molecular formula is C8H22MnN2O13. The zero-order valence-corrected chi connectivity index (χ0v) is 13.0. The van der Waals surface area contributed by atoms with E-state index in [9.17, 15) is 39.6 Å². The molecular weight excluding hydrogens is 387 g/mol. The van der Waals surface area contributed by atoms with E-state index in [-0.39, 0.29) is 47.3 Å². The minimum atomic E-state index is -1.58. The Bertz CT molecular complexity index is 318. The van der Waals surface area contributed by atoms with Gasteiger partial charge in [-0.15, -0.1) is 0 Å². The summed E-state index contributed by atoms with van der Waals surface area (Å²) in [5.41, 5.74) is 9.47. The van der Waals surface area contributed by atoms with E-state index < -0.39 is 48.8 Å². The number of carboxylic acids is 4. The predicted molar refractivity (Wildman–Crippen MR) is 65.5 cm³/mol. The number of hydrogen-bond donors (Lipinski definition) is 2. The van der Waals surface area contributed by atoms with Crippen LogP contribution in [0.25, 0.3) is 0 Å². The largest absolute Gasteiger partial charge is 2.00 e. The Labute approximate surface area is 148 Å². The molecule has 15 nitrogen and oxygen atoms in total. The summed E-state index contributed by atoms with van der Waals surface area (Å²) in [6.45, 7) is 0. The predicted octanol–water partition coefficient (Wildman–Crippen LogP) is -11.5. The Balaban J connectivity index is -0.0000000188. The number of carbonyl (C=O) groups excluding carboxylic acids is 4. The van der Waals surface area contributed by atoms with Gasteiger partial charge in [0.05, 0.1) is 11.9 Å². The number of carboxylic acid groups (broad SMARTS) is 4. The Kier molecular flexibility index (Phi) is 53.7. The maximum Gasteiger partial charge on any atom is 2.00 e. The molecule has 0 aliphatic heterocycles. The van der Waals surface area contributed by atoms with Gasteiger partial charge in [0.2, 0.25) is 0 Å². The number of nitrogens with two attached hydrogens (primary N) is 2. The molecule has 0 heterocycles. The number of hydrogen-bond acceptors (Lipinski definition) is 10. The Morgan fingerprint density at radius 3 is 0.875 bits per heavy atom. The quantitative estimate of drug-likeness (QED) is 0.389. The first kappa shape index (κ1) is 49.5. The third-order valence-corrected chi connectivity index (χ3v) is 1.38. The van der Waals surface area contributed by atoms with Crippen LogP contribution >= 0.6 is 0 Å². The topological polar surface area (TPSA) is 370 Å². The zero-order valence-electron chi connectivity index (χ0n) is 13.9. The van der Waals surface area contributed by atoms with Crippen molar-refractivity contribution in [2.24, 2.45) is 11.5 Å². The molecule has 0 saturated heterocycles. The molecule has 16 heteroatoms. The molecule has 0 aliphatic rings. The van der Waals surface area contributed by atoms with Crippen LogP contribution < -0.4 is 31.9 Å². The van der Waals surface area contributed by atoms with Gasteiger partial charge >= 0.3 is 19.9 Å². The molecule has 2 atom stereocenters. The van der Waals surface area contributed by atoms with Gasteiger partial charge in [-0.3, -0.25) is 0 Å². The molecule has 24 heavy (non-hydrogen) atoms. The molecule has 0 aromatic heterocycles. The third-order valence-electron chi connectivity index (χ3n) is 1.38. The molecule has 0 fully saturated rings. The van der Waals surface area contributed by atoms with E-state index in [0.29, 0.717) is 0 Å². The van der Waals surface area contributed by atoms with Crippen LogP contribution in [0, 0.1) is 0 Å². The van der Waals surface area contributed by atoms with Gasteiger partial charge in [0.25, 0.3) is 0 Å². The summed E-state index contributed by atoms with van der Waals surface area (Å²) in [5.74, 6) is -6.16. The average Bonchev–Trinajstić information content (AvgIpc) is 2.16. The smallest absolute Gasteiger partial charge is 0.550 e. The van der Waals surface area contributed by atoms with Crippen molar-refractivity contribution in [3.63, 3.8) is 0 Å². The van der Waals surface area contributed by atoms with Crippen LogP contribution in [0.5, 0.6) is 0 Å². The summed E-state index contributed by atoms with van der Waals surface area (Å²) < 4.78 is 0. The molecule has 0 aliphatic carbocycles. The maximum absolute atomic E-state index is 9.71. The minimum absolute atomic E-state index is 0. The fourth-order valence-corrected chi connectivity index (χ4v) is 0.526. The van der Waals surface area contributed by atoms with Gasteiger partial charge < -0.3 is 78.5 Å². The summed E-state index contributed by atoms with van der Waals surface area (Å²) in [4.78, 5) is 38.7. The van der Waals surface area contributed by atoms with Crippen LogP contribution in [0.15, 0.2) is 0 Å². The standard InChI is InChI=1S/2C4H7NO4.Mn.5H2O/c2*5-2(4(8)9)1-3(6)7;;;;;;/h2*2H,1,5H2,(H,6,7)(H,8,9);;5*1H2/q;;+2;;;;;/p-2. The van der Waals surface area contributed by atoms with Crippen molar-refractivity contribution in [2.45, 2.75) is 24.9 Å². The molecule has 2 unspecified atom stereocenters. The van der Waals surface area contributed by atoms with Gasteiger partial charge in [-0.1, -0.05) is 0 Å². The first-order chi connectivity index (χ1) is 8.07.